The molecule has 0 aliphatic heterocycles. The highest BCUT2D eigenvalue weighted by Crippen LogP contribution is 2.26. The van der Waals surface area contributed by atoms with Crippen molar-refractivity contribution in [3.8, 4) is 11.5 Å². The van der Waals surface area contributed by atoms with E-state index in [9.17, 15) is 4.79 Å². The Kier molecular flexibility index (Phi) is 7.70. The molecule has 1 aromatic heterocycles. The van der Waals surface area contributed by atoms with Gasteiger partial charge in [0.05, 0.1) is 12.0 Å². The average Bonchev–Trinajstić information content (AvgIpc) is 2.78. The number of anilines is 1. The summed E-state index contributed by atoms with van der Waals surface area (Å²) in [6.07, 6.45) is 4.27. The fourth-order valence-corrected chi connectivity index (χ4v) is 3.00. The van der Waals surface area contributed by atoms with Crippen molar-refractivity contribution in [2.24, 2.45) is 11.5 Å². The van der Waals surface area contributed by atoms with Gasteiger partial charge < -0.3 is 30.3 Å². The van der Waals surface area contributed by atoms with Crippen molar-refractivity contribution in [2.45, 2.75) is 6.42 Å². The van der Waals surface area contributed by atoms with Crippen LogP contribution in [0.3, 0.4) is 0 Å². The summed E-state index contributed by atoms with van der Waals surface area (Å²) in [7, 11) is 3.98. The standard InChI is InChI=1S/C24H29N3O4/c1-27(2)18-7-4-17(5-8-18)6-11-21-24(30-14-3-12-25)23(28)20-10-9-19(29-15-13-26)16-22(20)31-21/h4-11,16H,3,12-15,25-26H2,1-2H3/b11-6+. The van der Waals surface area contributed by atoms with Crippen molar-refractivity contribution in [3.05, 3.63) is 64.0 Å². The van der Waals surface area contributed by atoms with E-state index < -0.39 is 0 Å². The molecule has 0 amide bonds. The Hall–Kier alpha value is -3.29. The molecule has 0 fully saturated rings. The van der Waals surface area contributed by atoms with Gasteiger partial charge in [-0.25, -0.2) is 0 Å². The molecule has 0 saturated heterocycles. The van der Waals surface area contributed by atoms with Gasteiger partial charge in [0, 0.05) is 32.4 Å². The zero-order valence-electron chi connectivity index (χ0n) is 18.0. The van der Waals surface area contributed by atoms with Gasteiger partial charge in [-0.3, -0.25) is 4.79 Å². The molecular weight excluding hydrogens is 394 g/mol. The Morgan fingerprint density at radius 3 is 2.42 bits per heavy atom. The van der Waals surface area contributed by atoms with E-state index >= 15 is 0 Å². The van der Waals surface area contributed by atoms with E-state index in [2.05, 4.69) is 0 Å². The largest absolute Gasteiger partial charge is 0.492 e. The summed E-state index contributed by atoms with van der Waals surface area (Å²) in [5.74, 6) is 1.12. The van der Waals surface area contributed by atoms with Gasteiger partial charge in [0.25, 0.3) is 0 Å². The molecule has 3 rings (SSSR count). The third-order valence-electron chi connectivity index (χ3n) is 4.67. The van der Waals surface area contributed by atoms with E-state index in [4.69, 9.17) is 25.4 Å². The third-order valence-corrected chi connectivity index (χ3v) is 4.67. The summed E-state index contributed by atoms with van der Waals surface area (Å²) in [5.41, 5.74) is 13.3. The van der Waals surface area contributed by atoms with E-state index in [-0.39, 0.29) is 11.2 Å². The highest BCUT2D eigenvalue weighted by molar-refractivity contribution is 5.82. The topological polar surface area (TPSA) is 104 Å². The van der Waals surface area contributed by atoms with Crippen LogP contribution in [0.2, 0.25) is 0 Å². The molecule has 0 aliphatic carbocycles. The fraction of sp³-hybridized carbons (Fsp3) is 0.292. The Morgan fingerprint density at radius 1 is 0.968 bits per heavy atom. The molecule has 0 radical (unpaired) electrons. The first-order chi connectivity index (χ1) is 15.0. The molecular formula is C24H29N3O4. The van der Waals surface area contributed by atoms with Gasteiger partial charge in [-0.2, -0.15) is 0 Å². The maximum absolute atomic E-state index is 13.1. The molecule has 0 bridgehead atoms. The van der Waals surface area contributed by atoms with Crippen molar-refractivity contribution in [1.29, 1.82) is 0 Å². The van der Waals surface area contributed by atoms with E-state index in [1.807, 2.05) is 49.3 Å². The monoisotopic (exact) mass is 423 g/mol. The Bertz CT molecular complexity index is 1090. The van der Waals surface area contributed by atoms with Gasteiger partial charge in [0.1, 0.15) is 17.9 Å². The summed E-state index contributed by atoms with van der Waals surface area (Å²) >= 11 is 0. The number of hydrogen-bond acceptors (Lipinski definition) is 7. The van der Waals surface area contributed by atoms with Gasteiger partial charge in [-0.15, -0.1) is 0 Å². The summed E-state index contributed by atoms with van der Waals surface area (Å²) in [4.78, 5) is 15.1. The molecule has 164 valence electrons. The number of ether oxygens (including phenoxy) is 2. The van der Waals surface area contributed by atoms with E-state index in [1.54, 1.807) is 24.3 Å². The van der Waals surface area contributed by atoms with Gasteiger partial charge in [0.15, 0.2) is 5.76 Å². The molecule has 2 aromatic carbocycles. The van der Waals surface area contributed by atoms with Crippen molar-refractivity contribution in [1.82, 2.24) is 0 Å². The lowest BCUT2D eigenvalue weighted by Gasteiger charge is -2.12. The van der Waals surface area contributed by atoms with Gasteiger partial charge >= 0.3 is 0 Å². The molecule has 0 aliphatic rings. The summed E-state index contributed by atoms with van der Waals surface area (Å²) in [6.45, 7) is 1.59. The number of nitrogens with zero attached hydrogens (tertiary/aromatic N) is 1. The highest BCUT2D eigenvalue weighted by atomic mass is 16.5. The SMILES string of the molecule is CN(C)c1ccc(/C=C/c2oc3cc(OCCN)ccc3c(=O)c2OCCCN)cc1. The lowest BCUT2D eigenvalue weighted by Crippen LogP contribution is -2.14. The number of nitrogens with two attached hydrogens (primary N) is 2. The number of rotatable bonds is 10. The quantitative estimate of drug-likeness (QED) is 0.483. The third kappa shape index (κ3) is 5.65. The first-order valence-corrected chi connectivity index (χ1v) is 10.3. The van der Waals surface area contributed by atoms with Crippen LogP contribution in [0.15, 0.2) is 51.7 Å². The maximum Gasteiger partial charge on any atom is 0.235 e. The van der Waals surface area contributed by atoms with Crippen LogP contribution in [-0.4, -0.2) is 40.4 Å². The van der Waals surface area contributed by atoms with Crippen molar-refractivity contribution in [2.75, 3.05) is 45.3 Å². The lowest BCUT2D eigenvalue weighted by molar-refractivity contribution is 0.300. The molecule has 0 saturated carbocycles. The molecule has 31 heavy (non-hydrogen) atoms. The average molecular weight is 424 g/mol. The van der Waals surface area contributed by atoms with Crippen LogP contribution in [0.4, 0.5) is 5.69 Å². The molecule has 3 aromatic rings. The zero-order valence-corrected chi connectivity index (χ0v) is 18.0. The Balaban J connectivity index is 2.00. The first-order valence-electron chi connectivity index (χ1n) is 10.3. The second-order valence-electron chi connectivity index (χ2n) is 7.23. The van der Waals surface area contributed by atoms with Gasteiger partial charge in [0.2, 0.25) is 11.2 Å². The minimum absolute atomic E-state index is 0.178. The van der Waals surface area contributed by atoms with E-state index in [0.29, 0.717) is 55.2 Å². The number of benzene rings is 2. The molecule has 1 heterocycles. The first kappa shape index (κ1) is 22.4. The predicted octanol–water partition coefficient (Wildman–Crippen LogP) is 3.09. The minimum atomic E-state index is -0.230. The molecule has 7 heteroatoms. The van der Waals surface area contributed by atoms with Gasteiger partial charge in [-0.05, 0) is 48.9 Å². The molecule has 7 nitrogen and oxygen atoms in total. The fourth-order valence-electron chi connectivity index (χ4n) is 3.00. The normalized spacial score (nSPS) is 11.2. The number of hydrogen-bond donors (Lipinski definition) is 2. The zero-order chi connectivity index (χ0) is 22.2. The Morgan fingerprint density at radius 2 is 1.74 bits per heavy atom. The van der Waals surface area contributed by atoms with E-state index in [1.165, 1.54) is 0 Å². The highest BCUT2D eigenvalue weighted by Gasteiger charge is 2.15. The van der Waals surface area contributed by atoms with Crippen LogP contribution in [0.25, 0.3) is 23.1 Å². The summed E-state index contributed by atoms with van der Waals surface area (Å²) in [5, 5.41) is 0.426. The van der Waals surface area contributed by atoms with Crippen LogP contribution in [0, 0.1) is 0 Å². The van der Waals surface area contributed by atoms with Crippen molar-refractivity contribution >= 4 is 28.8 Å². The lowest BCUT2D eigenvalue weighted by atomic mass is 10.1. The van der Waals surface area contributed by atoms with Crippen LogP contribution in [0.1, 0.15) is 17.7 Å². The van der Waals surface area contributed by atoms with Crippen molar-refractivity contribution in [3.63, 3.8) is 0 Å². The van der Waals surface area contributed by atoms with Crippen LogP contribution < -0.4 is 31.3 Å². The van der Waals surface area contributed by atoms with Gasteiger partial charge in [-0.1, -0.05) is 18.2 Å². The minimum Gasteiger partial charge on any atom is -0.492 e. The summed E-state index contributed by atoms with van der Waals surface area (Å²) < 4.78 is 17.4. The second kappa shape index (κ2) is 10.7. The molecule has 0 unspecified atom stereocenters. The molecule has 0 spiro atoms. The smallest absolute Gasteiger partial charge is 0.235 e. The number of fused-ring (bicyclic) bond motifs is 1. The predicted molar refractivity (Wildman–Crippen MR) is 126 cm³/mol. The summed E-state index contributed by atoms with van der Waals surface area (Å²) in [6, 6.07) is 13.1. The maximum atomic E-state index is 13.1. The van der Waals surface area contributed by atoms with E-state index in [0.717, 1.165) is 11.3 Å². The van der Waals surface area contributed by atoms with Crippen LogP contribution >= 0.6 is 0 Å². The van der Waals surface area contributed by atoms with Crippen LogP contribution in [-0.2, 0) is 0 Å². The van der Waals surface area contributed by atoms with Crippen molar-refractivity contribution < 1.29 is 13.9 Å². The molecule has 0 atom stereocenters. The Labute approximate surface area is 181 Å². The molecule has 4 N–H and O–H groups in total. The second-order valence-corrected chi connectivity index (χ2v) is 7.23. The van der Waals surface area contributed by atoms with Crippen LogP contribution in [0.5, 0.6) is 11.5 Å².